The quantitative estimate of drug-likeness (QED) is 0.846. The molecule has 0 unspecified atom stereocenters. The lowest BCUT2D eigenvalue weighted by molar-refractivity contribution is 0.359. The lowest BCUT2D eigenvalue weighted by Gasteiger charge is -2.23. The van der Waals surface area contributed by atoms with Gasteiger partial charge in [-0.25, -0.2) is 0 Å². The highest BCUT2D eigenvalue weighted by Gasteiger charge is 2.18. The van der Waals surface area contributed by atoms with E-state index in [1.807, 2.05) is 6.92 Å². The second kappa shape index (κ2) is 4.95. The predicted molar refractivity (Wildman–Crippen MR) is 64.4 cm³/mol. The van der Waals surface area contributed by atoms with Crippen molar-refractivity contribution >= 4 is 0 Å². The van der Waals surface area contributed by atoms with E-state index in [2.05, 4.69) is 33.9 Å². The zero-order chi connectivity index (χ0) is 11.5. The summed E-state index contributed by atoms with van der Waals surface area (Å²) in [4.78, 5) is 0. The number of aromatic nitrogens is 3. The Morgan fingerprint density at radius 3 is 2.62 bits per heavy atom. The molecule has 0 atom stereocenters. The molecule has 0 amide bonds. The van der Waals surface area contributed by atoms with Crippen molar-refractivity contribution < 1.29 is 0 Å². The van der Waals surface area contributed by atoms with Gasteiger partial charge in [-0.3, -0.25) is 0 Å². The number of nitrogens with zero attached hydrogens (tertiary/aromatic N) is 3. The van der Waals surface area contributed by atoms with Gasteiger partial charge in [0.15, 0.2) is 0 Å². The van der Waals surface area contributed by atoms with Gasteiger partial charge in [-0.15, -0.1) is 10.2 Å². The lowest BCUT2D eigenvalue weighted by atomic mass is 9.94. The molecule has 4 heteroatoms. The highest BCUT2D eigenvalue weighted by Crippen LogP contribution is 2.19. The van der Waals surface area contributed by atoms with Crippen molar-refractivity contribution in [1.82, 2.24) is 20.1 Å². The Morgan fingerprint density at radius 2 is 2.00 bits per heavy atom. The molecule has 0 spiro atoms. The highest BCUT2D eigenvalue weighted by atomic mass is 15.3. The van der Waals surface area contributed by atoms with Gasteiger partial charge in [-0.05, 0) is 52.6 Å². The first-order valence-electron chi connectivity index (χ1n) is 6.29. The van der Waals surface area contributed by atoms with Gasteiger partial charge in [0.2, 0.25) is 0 Å². The third-order valence-corrected chi connectivity index (χ3v) is 3.38. The molecular formula is C12H22N4. The van der Waals surface area contributed by atoms with Gasteiger partial charge in [0.05, 0.1) is 0 Å². The molecule has 4 nitrogen and oxygen atoms in total. The van der Waals surface area contributed by atoms with Crippen LogP contribution in [0.15, 0.2) is 0 Å². The van der Waals surface area contributed by atoms with Gasteiger partial charge in [-0.2, -0.15) is 0 Å². The Kier molecular flexibility index (Phi) is 3.59. The summed E-state index contributed by atoms with van der Waals surface area (Å²) in [6.07, 6.45) is 3.62. The maximum absolute atomic E-state index is 4.32. The number of hydrogen-bond donors (Lipinski definition) is 1. The van der Waals surface area contributed by atoms with Crippen LogP contribution in [-0.4, -0.2) is 27.9 Å². The van der Waals surface area contributed by atoms with E-state index in [0.717, 1.165) is 31.3 Å². The van der Waals surface area contributed by atoms with E-state index < -0.39 is 0 Å². The molecule has 0 bridgehead atoms. The van der Waals surface area contributed by atoms with E-state index in [1.54, 1.807) is 0 Å². The molecule has 1 N–H and O–H groups in total. The van der Waals surface area contributed by atoms with Crippen molar-refractivity contribution in [3.05, 3.63) is 11.6 Å². The summed E-state index contributed by atoms with van der Waals surface area (Å²) in [5.74, 6) is 2.99. The van der Waals surface area contributed by atoms with Crippen LogP contribution in [0, 0.1) is 12.8 Å². The number of hydrogen-bond acceptors (Lipinski definition) is 3. The van der Waals surface area contributed by atoms with E-state index >= 15 is 0 Å². The fourth-order valence-corrected chi connectivity index (χ4v) is 2.57. The van der Waals surface area contributed by atoms with Crippen LogP contribution in [0.1, 0.15) is 44.4 Å². The van der Waals surface area contributed by atoms with Crippen molar-refractivity contribution in [2.45, 2.75) is 46.1 Å². The maximum atomic E-state index is 4.32. The number of rotatable bonds is 3. The molecule has 90 valence electrons. The Hall–Kier alpha value is -0.900. The van der Waals surface area contributed by atoms with Crippen LogP contribution in [0.25, 0.3) is 0 Å². The Balaban J connectivity index is 2.08. The summed E-state index contributed by atoms with van der Waals surface area (Å²) in [5, 5.41) is 11.9. The van der Waals surface area contributed by atoms with Crippen molar-refractivity contribution in [3.8, 4) is 0 Å². The van der Waals surface area contributed by atoms with Crippen LogP contribution >= 0.6 is 0 Å². The summed E-state index contributed by atoms with van der Waals surface area (Å²) in [5.41, 5.74) is 0. The van der Waals surface area contributed by atoms with Crippen LogP contribution in [0.2, 0.25) is 0 Å². The van der Waals surface area contributed by atoms with Gasteiger partial charge in [0.1, 0.15) is 11.6 Å². The summed E-state index contributed by atoms with van der Waals surface area (Å²) in [6.45, 7) is 8.74. The highest BCUT2D eigenvalue weighted by molar-refractivity contribution is 4.98. The monoisotopic (exact) mass is 222 g/mol. The molecule has 16 heavy (non-hydrogen) atoms. The molecule has 1 fully saturated rings. The molecule has 2 rings (SSSR count). The van der Waals surface area contributed by atoms with Gasteiger partial charge in [0.25, 0.3) is 0 Å². The fraction of sp³-hybridized carbons (Fsp3) is 0.833. The molecule has 0 aromatic carbocycles. The number of aryl methyl sites for hydroxylation is 1. The summed E-state index contributed by atoms with van der Waals surface area (Å²) in [7, 11) is 0. The van der Waals surface area contributed by atoms with E-state index in [1.165, 1.54) is 18.7 Å². The Bertz CT molecular complexity index is 337. The zero-order valence-corrected chi connectivity index (χ0v) is 10.5. The maximum Gasteiger partial charge on any atom is 0.133 e. The van der Waals surface area contributed by atoms with Crippen molar-refractivity contribution in [2.24, 2.45) is 5.92 Å². The molecular weight excluding hydrogens is 200 g/mol. The Labute approximate surface area is 97.5 Å². The van der Waals surface area contributed by atoms with Crippen LogP contribution in [0.4, 0.5) is 0 Å². The van der Waals surface area contributed by atoms with Crippen molar-refractivity contribution in [3.63, 3.8) is 0 Å². The molecule has 1 saturated heterocycles. The van der Waals surface area contributed by atoms with Crippen molar-refractivity contribution in [1.29, 1.82) is 0 Å². The molecule has 0 radical (unpaired) electrons. The molecule has 1 aliphatic rings. The lowest BCUT2D eigenvalue weighted by Crippen LogP contribution is -2.29. The van der Waals surface area contributed by atoms with Gasteiger partial charge >= 0.3 is 0 Å². The minimum absolute atomic E-state index is 0.465. The van der Waals surface area contributed by atoms with Gasteiger partial charge < -0.3 is 9.88 Å². The second-order valence-electron chi connectivity index (χ2n) is 5.02. The van der Waals surface area contributed by atoms with E-state index in [-0.39, 0.29) is 0 Å². The number of nitrogens with one attached hydrogen (secondary N) is 1. The van der Waals surface area contributed by atoms with E-state index in [0.29, 0.717) is 6.04 Å². The van der Waals surface area contributed by atoms with Gasteiger partial charge in [0, 0.05) is 12.5 Å². The van der Waals surface area contributed by atoms with Crippen LogP contribution in [0.3, 0.4) is 0 Å². The molecule has 0 saturated carbocycles. The fourth-order valence-electron chi connectivity index (χ4n) is 2.57. The molecule has 1 aromatic heterocycles. The first kappa shape index (κ1) is 11.6. The zero-order valence-electron chi connectivity index (χ0n) is 10.5. The summed E-state index contributed by atoms with van der Waals surface area (Å²) < 4.78 is 2.27. The first-order chi connectivity index (χ1) is 7.68. The first-order valence-corrected chi connectivity index (χ1v) is 6.29. The SMILES string of the molecule is Cc1nnc(CC2CCNCC2)n1C(C)C. The third kappa shape index (κ3) is 2.43. The largest absolute Gasteiger partial charge is 0.317 e. The second-order valence-corrected chi connectivity index (χ2v) is 5.02. The van der Waals surface area contributed by atoms with E-state index in [9.17, 15) is 0 Å². The van der Waals surface area contributed by atoms with E-state index in [4.69, 9.17) is 0 Å². The third-order valence-electron chi connectivity index (χ3n) is 3.38. The van der Waals surface area contributed by atoms with Crippen LogP contribution in [-0.2, 0) is 6.42 Å². The van der Waals surface area contributed by atoms with Crippen molar-refractivity contribution in [2.75, 3.05) is 13.1 Å². The summed E-state index contributed by atoms with van der Waals surface area (Å²) in [6, 6.07) is 0.465. The average Bonchev–Trinajstić information content (AvgIpc) is 2.61. The minimum atomic E-state index is 0.465. The topological polar surface area (TPSA) is 42.7 Å². The predicted octanol–water partition coefficient (Wildman–Crippen LogP) is 1.71. The average molecular weight is 222 g/mol. The standard InChI is InChI=1S/C12H22N4/c1-9(2)16-10(3)14-15-12(16)8-11-4-6-13-7-5-11/h9,11,13H,4-8H2,1-3H3. The molecule has 1 aromatic rings. The minimum Gasteiger partial charge on any atom is -0.317 e. The number of piperidine rings is 1. The Morgan fingerprint density at radius 1 is 1.31 bits per heavy atom. The molecule has 1 aliphatic heterocycles. The molecule has 0 aliphatic carbocycles. The molecule has 2 heterocycles. The van der Waals surface area contributed by atoms with Gasteiger partial charge in [-0.1, -0.05) is 0 Å². The van der Waals surface area contributed by atoms with Crippen LogP contribution in [0.5, 0.6) is 0 Å². The normalized spacial score (nSPS) is 18.2. The van der Waals surface area contributed by atoms with Crippen LogP contribution < -0.4 is 5.32 Å². The summed E-state index contributed by atoms with van der Waals surface area (Å²) >= 11 is 0. The smallest absolute Gasteiger partial charge is 0.133 e.